The summed E-state index contributed by atoms with van der Waals surface area (Å²) in [5, 5.41) is 13.0. The monoisotopic (exact) mass is 285 g/mol. The van der Waals surface area contributed by atoms with Crippen LogP contribution in [0.5, 0.6) is 0 Å². The Hall–Kier alpha value is -0.120. The highest BCUT2D eigenvalue weighted by atomic mass is 16.5. The molecule has 0 bridgehead atoms. The molecule has 1 atom stereocenters. The first-order chi connectivity index (χ1) is 9.41. The van der Waals surface area contributed by atoms with E-state index in [-0.39, 0.29) is 12.1 Å². The normalized spacial score (nSPS) is 22.6. The van der Waals surface area contributed by atoms with Gasteiger partial charge in [0.2, 0.25) is 0 Å². The lowest BCUT2D eigenvalue weighted by Gasteiger charge is -2.34. The van der Waals surface area contributed by atoms with E-state index in [1.54, 1.807) is 0 Å². The molecule has 2 N–H and O–H groups in total. The molecule has 120 valence electrons. The van der Waals surface area contributed by atoms with E-state index >= 15 is 0 Å². The predicted molar refractivity (Wildman–Crippen MR) is 85.0 cm³/mol. The third-order valence-electron chi connectivity index (χ3n) is 4.66. The number of nitrogens with one attached hydrogen (secondary N) is 1. The van der Waals surface area contributed by atoms with Gasteiger partial charge >= 0.3 is 0 Å². The molecule has 1 aliphatic rings. The van der Waals surface area contributed by atoms with Crippen LogP contribution >= 0.6 is 0 Å². The van der Waals surface area contributed by atoms with Crippen molar-refractivity contribution in [2.45, 2.75) is 84.3 Å². The minimum atomic E-state index is -0.145. The second-order valence-corrected chi connectivity index (χ2v) is 7.48. The Bertz CT molecular complexity index is 258. The zero-order valence-electron chi connectivity index (χ0n) is 14.0. The number of aliphatic hydroxyl groups is 1. The first-order valence-electron chi connectivity index (χ1n) is 8.38. The van der Waals surface area contributed by atoms with Crippen LogP contribution in [0, 0.1) is 5.41 Å². The van der Waals surface area contributed by atoms with E-state index in [0.717, 1.165) is 32.4 Å². The summed E-state index contributed by atoms with van der Waals surface area (Å²) in [6.45, 7) is 11.0. The SMILES string of the molecule is CCCNC(C)(CO)CCCOC1CCC(C)(C)CC1. The van der Waals surface area contributed by atoms with Gasteiger partial charge in [-0.25, -0.2) is 0 Å². The fourth-order valence-electron chi connectivity index (χ4n) is 2.90. The van der Waals surface area contributed by atoms with Crippen molar-refractivity contribution in [2.24, 2.45) is 5.41 Å². The molecule has 3 nitrogen and oxygen atoms in total. The molecule has 3 heteroatoms. The van der Waals surface area contributed by atoms with Crippen LogP contribution in [0.15, 0.2) is 0 Å². The van der Waals surface area contributed by atoms with Gasteiger partial charge in [0.15, 0.2) is 0 Å². The van der Waals surface area contributed by atoms with Crippen molar-refractivity contribution in [1.82, 2.24) is 5.32 Å². The standard InChI is InChI=1S/C17H35NO2/c1-5-12-18-17(4,14-19)9-6-13-20-15-7-10-16(2,3)11-8-15/h15,18-19H,5-14H2,1-4H3. The lowest BCUT2D eigenvalue weighted by atomic mass is 9.76. The Kier molecular flexibility index (Phi) is 7.49. The number of hydrogen-bond acceptors (Lipinski definition) is 3. The van der Waals surface area contributed by atoms with Crippen molar-refractivity contribution in [1.29, 1.82) is 0 Å². The van der Waals surface area contributed by atoms with Gasteiger partial charge in [0.25, 0.3) is 0 Å². The fourth-order valence-corrected chi connectivity index (χ4v) is 2.90. The molecule has 0 saturated heterocycles. The Morgan fingerprint density at radius 2 is 1.95 bits per heavy atom. The van der Waals surface area contributed by atoms with E-state index in [9.17, 15) is 5.11 Å². The van der Waals surface area contributed by atoms with Crippen LogP contribution in [0.3, 0.4) is 0 Å². The Morgan fingerprint density at radius 3 is 2.50 bits per heavy atom. The molecule has 0 heterocycles. The van der Waals surface area contributed by atoms with Crippen LogP contribution < -0.4 is 5.32 Å². The summed E-state index contributed by atoms with van der Waals surface area (Å²) >= 11 is 0. The number of ether oxygens (including phenoxy) is 1. The average Bonchev–Trinajstić information content (AvgIpc) is 2.43. The molecular formula is C17H35NO2. The van der Waals surface area contributed by atoms with E-state index in [1.165, 1.54) is 25.7 Å². The van der Waals surface area contributed by atoms with Gasteiger partial charge in [0.05, 0.1) is 12.7 Å². The molecule has 0 amide bonds. The number of hydrogen-bond donors (Lipinski definition) is 2. The van der Waals surface area contributed by atoms with E-state index in [2.05, 4.69) is 33.0 Å². The Labute approximate surface area is 125 Å². The molecule has 0 aliphatic heterocycles. The molecule has 0 aromatic rings. The van der Waals surface area contributed by atoms with Crippen LogP contribution in [0.25, 0.3) is 0 Å². The lowest BCUT2D eigenvalue weighted by Crippen LogP contribution is -2.46. The summed E-state index contributed by atoms with van der Waals surface area (Å²) in [7, 11) is 0. The van der Waals surface area contributed by atoms with Crippen molar-refractivity contribution in [2.75, 3.05) is 19.8 Å². The van der Waals surface area contributed by atoms with Gasteiger partial charge < -0.3 is 15.2 Å². The van der Waals surface area contributed by atoms with E-state index < -0.39 is 0 Å². The van der Waals surface area contributed by atoms with E-state index in [0.29, 0.717) is 11.5 Å². The molecule has 1 unspecified atom stereocenters. The van der Waals surface area contributed by atoms with Crippen molar-refractivity contribution >= 4 is 0 Å². The maximum atomic E-state index is 9.51. The first kappa shape index (κ1) is 17.9. The topological polar surface area (TPSA) is 41.5 Å². The third kappa shape index (κ3) is 6.55. The van der Waals surface area contributed by atoms with E-state index in [4.69, 9.17) is 4.74 Å². The van der Waals surface area contributed by atoms with Gasteiger partial charge in [-0.05, 0) is 63.8 Å². The molecule has 0 radical (unpaired) electrons. The van der Waals surface area contributed by atoms with Gasteiger partial charge in [-0.1, -0.05) is 20.8 Å². The van der Waals surface area contributed by atoms with Gasteiger partial charge in [-0.2, -0.15) is 0 Å². The van der Waals surface area contributed by atoms with Gasteiger partial charge in [0, 0.05) is 12.1 Å². The number of rotatable bonds is 9. The fraction of sp³-hybridized carbons (Fsp3) is 1.00. The van der Waals surface area contributed by atoms with Gasteiger partial charge in [-0.15, -0.1) is 0 Å². The van der Waals surface area contributed by atoms with Crippen molar-refractivity contribution in [3.63, 3.8) is 0 Å². The molecule has 1 saturated carbocycles. The van der Waals surface area contributed by atoms with Gasteiger partial charge in [-0.3, -0.25) is 0 Å². The molecule has 0 spiro atoms. The summed E-state index contributed by atoms with van der Waals surface area (Å²) < 4.78 is 6.01. The Morgan fingerprint density at radius 1 is 1.30 bits per heavy atom. The van der Waals surface area contributed by atoms with Crippen LogP contribution in [-0.2, 0) is 4.74 Å². The van der Waals surface area contributed by atoms with E-state index in [1.807, 2.05) is 0 Å². The second kappa shape index (κ2) is 8.35. The summed E-state index contributed by atoms with van der Waals surface area (Å²) in [5.41, 5.74) is 0.368. The van der Waals surface area contributed by atoms with Crippen molar-refractivity contribution < 1.29 is 9.84 Å². The summed E-state index contributed by atoms with van der Waals surface area (Å²) in [6, 6.07) is 0. The lowest BCUT2D eigenvalue weighted by molar-refractivity contribution is -0.000192. The van der Waals surface area contributed by atoms with Crippen LogP contribution in [0.1, 0.15) is 72.6 Å². The largest absolute Gasteiger partial charge is 0.394 e. The smallest absolute Gasteiger partial charge is 0.0610 e. The highest BCUT2D eigenvalue weighted by molar-refractivity contribution is 4.82. The molecular weight excluding hydrogens is 250 g/mol. The molecule has 0 aromatic carbocycles. The molecule has 20 heavy (non-hydrogen) atoms. The zero-order valence-corrected chi connectivity index (χ0v) is 14.0. The third-order valence-corrected chi connectivity index (χ3v) is 4.66. The van der Waals surface area contributed by atoms with Crippen LogP contribution in [0.2, 0.25) is 0 Å². The van der Waals surface area contributed by atoms with Crippen molar-refractivity contribution in [3.8, 4) is 0 Å². The molecule has 1 fully saturated rings. The number of aliphatic hydroxyl groups excluding tert-OH is 1. The Balaban J connectivity index is 2.15. The quantitative estimate of drug-likeness (QED) is 0.637. The van der Waals surface area contributed by atoms with Crippen LogP contribution in [-0.4, -0.2) is 36.5 Å². The van der Waals surface area contributed by atoms with Gasteiger partial charge in [0.1, 0.15) is 0 Å². The van der Waals surface area contributed by atoms with Crippen molar-refractivity contribution in [3.05, 3.63) is 0 Å². The second-order valence-electron chi connectivity index (χ2n) is 7.48. The summed E-state index contributed by atoms with van der Waals surface area (Å²) in [5.74, 6) is 0. The molecule has 1 rings (SSSR count). The summed E-state index contributed by atoms with van der Waals surface area (Å²) in [6.07, 6.45) is 8.54. The maximum Gasteiger partial charge on any atom is 0.0610 e. The summed E-state index contributed by atoms with van der Waals surface area (Å²) in [4.78, 5) is 0. The highest BCUT2D eigenvalue weighted by Gasteiger charge is 2.27. The minimum absolute atomic E-state index is 0.145. The highest BCUT2D eigenvalue weighted by Crippen LogP contribution is 2.36. The predicted octanol–water partition coefficient (Wildman–Crippen LogP) is 3.50. The molecule has 1 aliphatic carbocycles. The average molecular weight is 285 g/mol. The molecule has 0 aromatic heterocycles. The first-order valence-corrected chi connectivity index (χ1v) is 8.38. The maximum absolute atomic E-state index is 9.51. The van der Waals surface area contributed by atoms with Crippen LogP contribution in [0.4, 0.5) is 0 Å². The zero-order chi connectivity index (χ0) is 15.1. The minimum Gasteiger partial charge on any atom is -0.394 e.